The number of aromatic nitrogens is 4. The highest BCUT2D eigenvalue weighted by Crippen LogP contribution is 2.17. The van der Waals surface area contributed by atoms with Crippen molar-refractivity contribution in [3.05, 3.63) is 53.6 Å². The zero-order valence-electron chi connectivity index (χ0n) is 12.7. The maximum Gasteiger partial charge on any atom is 0.295 e. The summed E-state index contributed by atoms with van der Waals surface area (Å²) < 4.78 is 1.55. The second-order valence-corrected chi connectivity index (χ2v) is 5.46. The summed E-state index contributed by atoms with van der Waals surface area (Å²) >= 11 is 0. The van der Waals surface area contributed by atoms with Crippen LogP contribution in [0.1, 0.15) is 41.6 Å². The monoisotopic (exact) mass is 295 g/mol. The number of rotatable bonds is 3. The summed E-state index contributed by atoms with van der Waals surface area (Å²) in [6.07, 6.45) is 1.64. The number of hydrogen-bond donors (Lipinski definition) is 1. The highest BCUT2D eigenvalue weighted by atomic mass is 16.2. The van der Waals surface area contributed by atoms with E-state index in [1.54, 1.807) is 10.7 Å². The number of benzene rings is 1. The first kappa shape index (κ1) is 14.2. The molecule has 0 atom stereocenters. The number of anilines is 1. The molecule has 3 aromatic rings. The van der Waals surface area contributed by atoms with Crippen molar-refractivity contribution in [3.8, 4) is 0 Å². The summed E-state index contributed by atoms with van der Waals surface area (Å²) in [6.45, 7) is 6.14. The Labute approximate surface area is 128 Å². The molecule has 0 bridgehead atoms. The van der Waals surface area contributed by atoms with E-state index in [1.165, 1.54) is 5.56 Å². The van der Waals surface area contributed by atoms with Crippen LogP contribution in [0.25, 0.3) is 5.78 Å². The quantitative estimate of drug-likeness (QED) is 0.806. The van der Waals surface area contributed by atoms with Crippen molar-refractivity contribution < 1.29 is 4.79 Å². The van der Waals surface area contributed by atoms with Gasteiger partial charge in [-0.05, 0) is 36.6 Å². The minimum atomic E-state index is -0.345. The Morgan fingerprint density at radius 1 is 1.18 bits per heavy atom. The number of fused-ring (bicyclic) bond motifs is 1. The highest BCUT2D eigenvalue weighted by Gasteiger charge is 2.14. The van der Waals surface area contributed by atoms with Crippen LogP contribution < -0.4 is 5.32 Å². The van der Waals surface area contributed by atoms with Crippen LogP contribution in [-0.2, 0) is 0 Å². The normalized spacial score (nSPS) is 11.1. The molecule has 0 aliphatic heterocycles. The number of hydrogen-bond acceptors (Lipinski definition) is 4. The van der Waals surface area contributed by atoms with Gasteiger partial charge in [0, 0.05) is 17.6 Å². The summed E-state index contributed by atoms with van der Waals surface area (Å²) in [5.74, 6) is 0.635. The molecule has 0 unspecified atom stereocenters. The van der Waals surface area contributed by atoms with E-state index in [-0.39, 0.29) is 11.7 Å². The van der Waals surface area contributed by atoms with Gasteiger partial charge in [0.2, 0.25) is 5.82 Å². The van der Waals surface area contributed by atoms with Crippen molar-refractivity contribution in [1.82, 2.24) is 19.6 Å². The zero-order chi connectivity index (χ0) is 15.7. The minimum Gasteiger partial charge on any atom is -0.319 e. The summed E-state index contributed by atoms with van der Waals surface area (Å²) in [4.78, 5) is 20.5. The van der Waals surface area contributed by atoms with E-state index in [2.05, 4.69) is 34.2 Å². The Morgan fingerprint density at radius 3 is 2.55 bits per heavy atom. The third-order valence-corrected chi connectivity index (χ3v) is 3.47. The van der Waals surface area contributed by atoms with Crippen molar-refractivity contribution in [2.24, 2.45) is 0 Å². The fraction of sp³-hybridized carbons (Fsp3) is 0.250. The first-order valence-electron chi connectivity index (χ1n) is 7.14. The van der Waals surface area contributed by atoms with Gasteiger partial charge in [0.25, 0.3) is 11.7 Å². The van der Waals surface area contributed by atoms with Gasteiger partial charge in [0.15, 0.2) is 0 Å². The van der Waals surface area contributed by atoms with Crippen LogP contribution in [-0.4, -0.2) is 25.5 Å². The van der Waals surface area contributed by atoms with Crippen LogP contribution in [0.5, 0.6) is 0 Å². The molecule has 2 heterocycles. The van der Waals surface area contributed by atoms with E-state index in [0.29, 0.717) is 11.7 Å². The summed E-state index contributed by atoms with van der Waals surface area (Å²) in [6, 6.07) is 9.58. The van der Waals surface area contributed by atoms with Gasteiger partial charge in [-0.3, -0.25) is 4.79 Å². The average molecular weight is 295 g/mol. The van der Waals surface area contributed by atoms with Crippen LogP contribution in [0.15, 0.2) is 36.5 Å². The SMILES string of the molecule is Cc1ccnc2nc(C(=O)Nc3ccc(C(C)C)cc3)nn12. The molecule has 0 saturated carbocycles. The van der Waals surface area contributed by atoms with Gasteiger partial charge in [0.05, 0.1) is 0 Å². The number of carbonyl (C=O) groups excluding carboxylic acids is 1. The highest BCUT2D eigenvalue weighted by molar-refractivity contribution is 6.01. The summed E-state index contributed by atoms with van der Waals surface area (Å²) in [5.41, 5.74) is 2.82. The number of aryl methyl sites for hydroxylation is 1. The predicted molar refractivity (Wildman–Crippen MR) is 84.0 cm³/mol. The number of nitrogens with one attached hydrogen (secondary N) is 1. The predicted octanol–water partition coefficient (Wildman–Crippen LogP) is 2.81. The van der Waals surface area contributed by atoms with Gasteiger partial charge in [-0.1, -0.05) is 26.0 Å². The lowest BCUT2D eigenvalue weighted by atomic mass is 10.0. The summed E-state index contributed by atoms with van der Waals surface area (Å²) in [7, 11) is 0. The van der Waals surface area contributed by atoms with Crippen molar-refractivity contribution >= 4 is 17.4 Å². The third kappa shape index (κ3) is 2.67. The third-order valence-electron chi connectivity index (χ3n) is 3.47. The Morgan fingerprint density at radius 2 is 1.91 bits per heavy atom. The summed E-state index contributed by atoms with van der Waals surface area (Å²) in [5, 5.41) is 6.98. The van der Waals surface area contributed by atoms with Crippen LogP contribution in [0.3, 0.4) is 0 Å². The lowest BCUT2D eigenvalue weighted by Crippen LogP contribution is -2.14. The van der Waals surface area contributed by atoms with Crippen molar-refractivity contribution in [3.63, 3.8) is 0 Å². The molecule has 6 nitrogen and oxygen atoms in total. The van der Waals surface area contributed by atoms with Crippen LogP contribution >= 0.6 is 0 Å². The lowest BCUT2D eigenvalue weighted by Gasteiger charge is -2.07. The molecule has 2 aromatic heterocycles. The molecule has 0 radical (unpaired) electrons. The van der Waals surface area contributed by atoms with Gasteiger partial charge >= 0.3 is 0 Å². The number of amides is 1. The van der Waals surface area contributed by atoms with Gasteiger partial charge in [-0.25, -0.2) is 9.50 Å². The molecule has 0 aliphatic carbocycles. The standard InChI is InChI=1S/C16H17N5O/c1-10(2)12-4-6-13(7-5-12)18-15(22)14-19-16-17-9-8-11(3)21(16)20-14/h4-10H,1-3H3,(H,18,22). The molecular weight excluding hydrogens is 278 g/mol. The largest absolute Gasteiger partial charge is 0.319 e. The van der Waals surface area contributed by atoms with Gasteiger partial charge < -0.3 is 5.32 Å². The second kappa shape index (κ2) is 5.55. The number of carbonyl (C=O) groups is 1. The van der Waals surface area contributed by atoms with E-state index in [0.717, 1.165) is 11.4 Å². The Hall–Kier alpha value is -2.76. The Bertz CT molecular complexity index is 820. The molecule has 22 heavy (non-hydrogen) atoms. The van der Waals surface area contributed by atoms with Crippen molar-refractivity contribution in [2.45, 2.75) is 26.7 Å². The maximum atomic E-state index is 12.2. The molecule has 0 saturated heterocycles. The fourth-order valence-electron chi connectivity index (χ4n) is 2.14. The molecule has 1 N–H and O–H groups in total. The molecule has 112 valence electrons. The van der Waals surface area contributed by atoms with E-state index >= 15 is 0 Å². The van der Waals surface area contributed by atoms with Gasteiger partial charge in [-0.15, -0.1) is 5.10 Å². The van der Waals surface area contributed by atoms with Crippen LogP contribution in [0, 0.1) is 6.92 Å². The van der Waals surface area contributed by atoms with E-state index < -0.39 is 0 Å². The topological polar surface area (TPSA) is 72.2 Å². The second-order valence-electron chi connectivity index (χ2n) is 5.46. The van der Waals surface area contributed by atoms with Crippen LogP contribution in [0.4, 0.5) is 5.69 Å². The Balaban J connectivity index is 1.82. The Kier molecular flexibility index (Phi) is 3.58. The van der Waals surface area contributed by atoms with Gasteiger partial charge in [0.1, 0.15) is 0 Å². The van der Waals surface area contributed by atoms with Gasteiger partial charge in [-0.2, -0.15) is 4.98 Å². The molecule has 1 aromatic carbocycles. The van der Waals surface area contributed by atoms with Crippen molar-refractivity contribution in [2.75, 3.05) is 5.32 Å². The average Bonchev–Trinajstić information content (AvgIpc) is 2.93. The molecule has 0 aliphatic rings. The minimum absolute atomic E-state index is 0.106. The van der Waals surface area contributed by atoms with E-state index in [1.807, 2.05) is 37.3 Å². The fourth-order valence-corrected chi connectivity index (χ4v) is 2.14. The smallest absolute Gasteiger partial charge is 0.295 e. The molecule has 0 fully saturated rings. The molecule has 1 amide bonds. The van der Waals surface area contributed by atoms with Crippen LogP contribution in [0.2, 0.25) is 0 Å². The molecule has 3 rings (SSSR count). The lowest BCUT2D eigenvalue weighted by molar-refractivity contribution is 0.101. The number of nitrogens with zero attached hydrogens (tertiary/aromatic N) is 4. The van der Waals surface area contributed by atoms with Crippen molar-refractivity contribution in [1.29, 1.82) is 0 Å². The molecule has 6 heteroatoms. The first-order valence-corrected chi connectivity index (χ1v) is 7.14. The van der Waals surface area contributed by atoms with E-state index in [4.69, 9.17) is 0 Å². The molecule has 0 spiro atoms. The van der Waals surface area contributed by atoms with E-state index in [9.17, 15) is 4.79 Å². The first-order chi connectivity index (χ1) is 10.5. The molecular formula is C16H17N5O. The zero-order valence-corrected chi connectivity index (χ0v) is 12.7. The maximum absolute atomic E-state index is 12.2.